The maximum atomic E-state index is 9.70. The SMILES string of the molecule is COC1CC2(C)C(C#N)CCC2C2CCC3C4OC4CCC3(C)C12. The number of rotatable bonds is 1. The van der Waals surface area contributed by atoms with E-state index in [2.05, 4.69) is 19.9 Å². The van der Waals surface area contributed by atoms with E-state index in [-0.39, 0.29) is 11.3 Å². The number of hydrogen-bond acceptors (Lipinski definition) is 3. The molecule has 0 bridgehead atoms. The Labute approximate surface area is 146 Å². The fourth-order valence-electron chi connectivity index (χ4n) is 8.12. The predicted molar refractivity (Wildman–Crippen MR) is 91.1 cm³/mol. The van der Waals surface area contributed by atoms with Gasteiger partial charge >= 0.3 is 0 Å². The Hall–Kier alpha value is -0.590. The Bertz CT molecular complexity index is 585. The van der Waals surface area contributed by atoms with Crippen LogP contribution in [-0.4, -0.2) is 25.4 Å². The molecule has 4 aliphatic carbocycles. The molecule has 1 heterocycles. The predicted octanol–water partition coefficient (Wildman–Crippen LogP) is 4.17. The smallest absolute Gasteiger partial charge is 0.0875 e. The van der Waals surface area contributed by atoms with E-state index < -0.39 is 0 Å². The van der Waals surface area contributed by atoms with Gasteiger partial charge in [-0.3, -0.25) is 0 Å². The fraction of sp³-hybridized carbons (Fsp3) is 0.952. The molecule has 1 saturated heterocycles. The zero-order chi connectivity index (χ0) is 16.7. The highest BCUT2D eigenvalue weighted by molar-refractivity contribution is 5.17. The zero-order valence-electron chi connectivity index (χ0n) is 15.3. The van der Waals surface area contributed by atoms with Gasteiger partial charge in [0.15, 0.2) is 0 Å². The van der Waals surface area contributed by atoms with Crippen LogP contribution in [0.1, 0.15) is 58.8 Å². The summed E-state index contributed by atoms with van der Waals surface area (Å²) in [7, 11) is 1.91. The van der Waals surface area contributed by atoms with Gasteiger partial charge in [0.25, 0.3) is 0 Å². The second-order valence-corrected chi connectivity index (χ2v) is 9.91. The molecule has 132 valence electrons. The van der Waals surface area contributed by atoms with Crippen molar-refractivity contribution in [2.45, 2.75) is 77.1 Å². The average Bonchev–Trinajstić information content (AvgIpc) is 3.28. The third kappa shape index (κ3) is 1.80. The summed E-state index contributed by atoms with van der Waals surface area (Å²) in [5, 5.41) is 9.70. The Kier molecular flexibility index (Phi) is 3.25. The third-order valence-corrected chi connectivity index (χ3v) is 9.29. The van der Waals surface area contributed by atoms with Crippen molar-refractivity contribution in [1.82, 2.24) is 0 Å². The number of fused-ring (bicyclic) bond motifs is 7. The van der Waals surface area contributed by atoms with Crippen molar-refractivity contribution in [2.24, 2.45) is 40.4 Å². The molecule has 0 N–H and O–H groups in total. The minimum absolute atomic E-state index is 0.174. The Morgan fingerprint density at radius 2 is 1.83 bits per heavy atom. The summed E-state index contributed by atoms with van der Waals surface area (Å²) in [5.41, 5.74) is 0.556. The number of methoxy groups -OCH3 is 1. The molecular weight excluding hydrogens is 298 g/mol. The molecular formula is C21H31NO2. The van der Waals surface area contributed by atoms with Crippen LogP contribution in [0.25, 0.3) is 0 Å². The molecule has 0 amide bonds. The van der Waals surface area contributed by atoms with E-state index in [0.717, 1.165) is 30.6 Å². The van der Waals surface area contributed by atoms with E-state index in [4.69, 9.17) is 9.47 Å². The van der Waals surface area contributed by atoms with Crippen molar-refractivity contribution in [3.05, 3.63) is 0 Å². The van der Waals surface area contributed by atoms with Crippen molar-refractivity contribution < 1.29 is 9.47 Å². The van der Waals surface area contributed by atoms with Crippen LogP contribution in [0.2, 0.25) is 0 Å². The van der Waals surface area contributed by atoms with Gasteiger partial charge in [0, 0.05) is 7.11 Å². The maximum absolute atomic E-state index is 9.70. The molecule has 3 heteroatoms. The fourth-order valence-corrected chi connectivity index (χ4v) is 8.12. The van der Waals surface area contributed by atoms with Crippen LogP contribution in [0, 0.1) is 51.8 Å². The minimum atomic E-state index is 0.174. The average molecular weight is 329 g/mol. The molecule has 0 aromatic rings. The summed E-state index contributed by atoms with van der Waals surface area (Å²) in [6.07, 6.45) is 10.1. The summed E-state index contributed by atoms with van der Waals surface area (Å²) in [6.45, 7) is 4.95. The van der Waals surface area contributed by atoms with Gasteiger partial charge in [0.2, 0.25) is 0 Å². The first-order valence-corrected chi connectivity index (χ1v) is 10.1. The lowest BCUT2D eigenvalue weighted by atomic mass is 9.44. The molecule has 5 fully saturated rings. The van der Waals surface area contributed by atoms with Crippen LogP contribution in [0.3, 0.4) is 0 Å². The maximum Gasteiger partial charge on any atom is 0.0875 e. The monoisotopic (exact) mass is 329 g/mol. The number of ether oxygens (including phenoxy) is 2. The van der Waals surface area contributed by atoms with Crippen molar-refractivity contribution in [3.8, 4) is 6.07 Å². The van der Waals surface area contributed by atoms with E-state index in [1.165, 1.54) is 32.1 Å². The lowest BCUT2D eigenvalue weighted by Gasteiger charge is -2.61. The number of epoxide rings is 1. The quantitative estimate of drug-likeness (QED) is 0.678. The summed E-state index contributed by atoms with van der Waals surface area (Å²) in [4.78, 5) is 0. The third-order valence-electron chi connectivity index (χ3n) is 9.29. The first kappa shape index (κ1) is 15.6. The highest BCUT2D eigenvalue weighted by Crippen LogP contribution is 2.69. The largest absolute Gasteiger partial charge is 0.381 e. The molecule has 10 atom stereocenters. The topological polar surface area (TPSA) is 45.5 Å². The zero-order valence-corrected chi connectivity index (χ0v) is 15.3. The molecule has 4 saturated carbocycles. The van der Waals surface area contributed by atoms with Crippen LogP contribution in [0.15, 0.2) is 0 Å². The first-order valence-electron chi connectivity index (χ1n) is 10.1. The normalized spacial score (nSPS) is 61.1. The number of nitrogens with zero attached hydrogens (tertiary/aromatic N) is 1. The first-order chi connectivity index (χ1) is 11.5. The minimum Gasteiger partial charge on any atom is -0.381 e. The summed E-state index contributed by atoms with van der Waals surface area (Å²) < 4.78 is 12.2. The van der Waals surface area contributed by atoms with Crippen LogP contribution in [-0.2, 0) is 9.47 Å². The Balaban J connectivity index is 1.53. The molecule has 0 spiro atoms. The van der Waals surface area contributed by atoms with E-state index in [0.29, 0.717) is 29.6 Å². The highest BCUT2D eigenvalue weighted by Gasteiger charge is 2.67. The number of nitriles is 1. The second kappa shape index (κ2) is 4.98. The summed E-state index contributed by atoms with van der Waals surface area (Å²) in [5.74, 6) is 3.13. The van der Waals surface area contributed by atoms with Gasteiger partial charge < -0.3 is 9.47 Å². The van der Waals surface area contributed by atoms with Crippen molar-refractivity contribution >= 4 is 0 Å². The standard InChI is InChI=1S/C21H31NO2/c1-20-9-8-16-19(24-16)15(20)7-5-13-14-6-4-12(11-22)21(14,2)10-17(23-3)18(13)20/h12-19H,4-10H2,1-3H3. The van der Waals surface area contributed by atoms with Crippen LogP contribution >= 0.6 is 0 Å². The lowest BCUT2D eigenvalue weighted by Crippen LogP contribution is -2.59. The van der Waals surface area contributed by atoms with Crippen molar-refractivity contribution in [1.29, 1.82) is 5.26 Å². The van der Waals surface area contributed by atoms with Crippen molar-refractivity contribution in [2.75, 3.05) is 7.11 Å². The van der Waals surface area contributed by atoms with Gasteiger partial charge in [0.05, 0.1) is 30.3 Å². The van der Waals surface area contributed by atoms with E-state index in [1.54, 1.807) is 0 Å². The molecule has 1 aliphatic heterocycles. The van der Waals surface area contributed by atoms with Crippen molar-refractivity contribution in [3.63, 3.8) is 0 Å². The molecule has 3 nitrogen and oxygen atoms in total. The van der Waals surface area contributed by atoms with Gasteiger partial charge in [-0.25, -0.2) is 0 Å². The van der Waals surface area contributed by atoms with Gasteiger partial charge in [-0.1, -0.05) is 13.8 Å². The van der Waals surface area contributed by atoms with Crippen LogP contribution < -0.4 is 0 Å². The molecule has 5 rings (SSSR count). The van der Waals surface area contributed by atoms with Gasteiger partial charge in [-0.2, -0.15) is 5.26 Å². The molecule has 5 aliphatic rings. The lowest BCUT2D eigenvalue weighted by molar-refractivity contribution is -0.173. The van der Waals surface area contributed by atoms with Crippen LogP contribution in [0.5, 0.6) is 0 Å². The van der Waals surface area contributed by atoms with E-state index >= 15 is 0 Å². The molecule has 0 aromatic carbocycles. The molecule has 0 aromatic heterocycles. The summed E-state index contributed by atoms with van der Waals surface area (Å²) in [6, 6.07) is 2.65. The highest BCUT2D eigenvalue weighted by atomic mass is 16.6. The number of hydrogen-bond donors (Lipinski definition) is 0. The Morgan fingerprint density at radius 3 is 2.58 bits per heavy atom. The van der Waals surface area contributed by atoms with Gasteiger partial charge in [-0.05, 0) is 79.4 Å². The second-order valence-electron chi connectivity index (χ2n) is 9.91. The molecule has 24 heavy (non-hydrogen) atoms. The van der Waals surface area contributed by atoms with Gasteiger partial charge in [-0.15, -0.1) is 0 Å². The van der Waals surface area contributed by atoms with Crippen LogP contribution in [0.4, 0.5) is 0 Å². The van der Waals surface area contributed by atoms with E-state index in [1.807, 2.05) is 7.11 Å². The summed E-state index contributed by atoms with van der Waals surface area (Å²) >= 11 is 0. The van der Waals surface area contributed by atoms with E-state index in [9.17, 15) is 5.26 Å². The molecule has 10 unspecified atom stereocenters. The van der Waals surface area contributed by atoms with Gasteiger partial charge in [0.1, 0.15) is 0 Å². The Morgan fingerprint density at radius 1 is 1.04 bits per heavy atom. The molecule has 0 radical (unpaired) electrons.